The number of aryl methyl sites for hydroxylation is 1. The van der Waals surface area contributed by atoms with Crippen molar-refractivity contribution >= 4 is 33.4 Å². The number of anilines is 1. The minimum absolute atomic E-state index is 0.0890. The number of carbonyl (C=O) groups excluding carboxylic acids is 1. The SMILES string of the molecule is CCCc1cc(=O)[nH]c(S[C@H](C)C(=O)Nc2cccc(S(N)(=O)=O)c2)n1. The fourth-order valence-electron chi connectivity index (χ4n) is 2.14. The highest BCUT2D eigenvalue weighted by molar-refractivity contribution is 8.00. The third-order valence-corrected chi connectivity index (χ3v) is 5.26. The van der Waals surface area contributed by atoms with Crippen LogP contribution in [0.15, 0.2) is 45.2 Å². The summed E-state index contributed by atoms with van der Waals surface area (Å²) in [6.07, 6.45) is 1.54. The van der Waals surface area contributed by atoms with E-state index in [0.29, 0.717) is 23.0 Å². The van der Waals surface area contributed by atoms with E-state index in [9.17, 15) is 18.0 Å². The average Bonchev–Trinajstić information content (AvgIpc) is 2.54. The van der Waals surface area contributed by atoms with Crippen LogP contribution >= 0.6 is 11.8 Å². The zero-order valence-corrected chi connectivity index (χ0v) is 16.0. The van der Waals surface area contributed by atoms with Gasteiger partial charge in [0.25, 0.3) is 5.56 Å². The van der Waals surface area contributed by atoms with Crippen LogP contribution in [0.5, 0.6) is 0 Å². The Kier molecular flexibility index (Phi) is 6.57. The van der Waals surface area contributed by atoms with Gasteiger partial charge in [0.2, 0.25) is 15.9 Å². The van der Waals surface area contributed by atoms with Gasteiger partial charge in [0.15, 0.2) is 5.16 Å². The summed E-state index contributed by atoms with van der Waals surface area (Å²) in [4.78, 5) is 30.9. The highest BCUT2D eigenvalue weighted by atomic mass is 32.2. The van der Waals surface area contributed by atoms with E-state index in [0.717, 1.165) is 18.2 Å². The van der Waals surface area contributed by atoms with Crippen LogP contribution in [0, 0.1) is 0 Å². The summed E-state index contributed by atoms with van der Waals surface area (Å²) in [5, 5.41) is 7.51. The van der Waals surface area contributed by atoms with Gasteiger partial charge < -0.3 is 10.3 Å². The third-order valence-electron chi connectivity index (χ3n) is 3.37. The van der Waals surface area contributed by atoms with Crippen LogP contribution in [0.4, 0.5) is 5.69 Å². The number of nitrogens with zero attached hydrogens (tertiary/aromatic N) is 1. The van der Waals surface area contributed by atoms with E-state index >= 15 is 0 Å². The number of aromatic amines is 1. The average molecular weight is 396 g/mol. The number of thioether (sulfide) groups is 1. The first-order valence-electron chi connectivity index (χ1n) is 7.89. The molecule has 0 aliphatic rings. The molecule has 0 fully saturated rings. The Morgan fingerprint density at radius 2 is 2.12 bits per heavy atom. The Labute approximate surface area is 155 Å². The van der Waals surface area contributed by atoms with E-state index in [1.807, 2.05) is 6.92 Å². The summed E-state index contributed by atoms with van der Waals surface area (Å²) in [6.45, 7) is 3.65. The van der Waals surface area contributed by atoms with Gasteiger partial charge in [0.1, 0.15) is 0 Å². The number of benzene rings is 1. The molecule has 2 aromatic rings. The zero-order chi connectivity index (χ0) is 19.3. The standard InChI is InChI=1S/C16H20N4O4S2/c1-3-5-11-9-14(21)20-16(19-11)25-10(2)15(22)18-12-6-4-7-13(8-12)26(17,23)24/h4,6-10H,3,5H2,1-2H3,(H,18,22)(H2,17,23,24)(H,19,20,21)/t10-/m1/s1. The van der Waals surface area contributed by atoms with E-state index in [1.165, 1.54) is 24.3 Å². The third kappa shape index (κ3) is 5.68. The molecule has 8 nitrogen and oxygen atoms in total. The van der Waals surface area contributed by atoms with Crippen LogP contribution < -0.4 is 16.0 Å². The predicted molar refractivity (Wildman–Crippen MR) is 101 cm³/mol. The van der Waals surface area contributed by atoms with Crippen LogP contribution in [0.3, 0.4) is 0 Å². The van der Waals surface area contributed by atoms with Gasteiger partial charge in [-0.3, -0.25) is 9.59 Å². The Morgan fingerprint density at radius 1 is 1.38 bits per heavy atom. The van der Waals surface area contributed by atoms with Crippen LogP contribution in [-0.2, 0) is 21.2 Å². The van der Waals surface area contributed by atoms with Gasteiger partial charge in [-0.1, -0.05) is 31.2 Å². The maximum atomic E-state index is 12.3. The Hall–Kier alpha value is -2.17. The maximum absolute atomic E-state index is 12.3. The molecule has 1 atom stereocenters. The molecule has 0 saturated heterocycles. The molecule has 0 spiro atoms. The second kappa shape index (κ2) is 8.47. The van der Waals surface area contributed by atoms with Crippen molar-refractivity contribution in [2.45, 2.75) is 42.0 Å². The maximum Gasteiger partial charge on any atom is 0.251 e. The summed E-state index contributed by atoms with van der Waals surface area (Å²) in [5.74, 6) is -0.356. The molecule has 10 heteroatoms. The molecule has 0 radical (unpaired) electrons. The summed E-state index contributed by atoms with van der Waals surface area (Å²) in [6, 6.07) is 7.12. The molecule has 0 aliphatic heterocycles. The van der Waals surface area contributed by atoms with E-state index in [1.54, 1.807) is 13.0 Å². The number of hydrogen-bond donors (Lipinski definition) is 3. The van der Waals surface area contributed by atoms with Gasteiger partial charge in [0.05, 0.1) is 10.1 Å². The van der Waals surface area contributed by atoms with E-state index < -0.39 is 15.3 Å². The lowest BCUT2D eigenvalue weighted by Crippen LogP contribution is -2.23. The minimum atomic E-state index is -3.85. The fraction of sp³-hybridized carbons (Fsp3) is 0.312. The van der Waals surface area contributed by atoms with E-state index in [4.69, 9.17) is 5.14 Å². The van der Waals surface area contributed by atoms with Gasteiger partial charge in [-0.05, 0) is 31.5 Å². The molecule has 0 aliphatic carbocycles. The van der Waals surface area contributed by atoms with Crippen LogP contribution in [-0.4, -0.2) is 29.5 Å². The lowest BCUT2D eigenvalue weighted by atomic mass is 10.2. The number of hydrogen-bond acceptors (Lipinski definition) is 6. The van der Waals surface area contributed by atoms with Crippen molar-refractivity contribution in [1.82, 2.24) is 9.97 Å². The quantitative estimate of drug-likeness (QED) is 0.479. The topological polar surface area (TPSA) is 135 Å². The van der Waals surface area contributed by atoms with Gasteiger partial charge in [-0.2, -0.15) is 0 Å². The largest absolute Gasteiger partial charge is 0.325 e. The van der Waals surface area contributed by atoms with Gasteiger partial charge >= 0.3 is 0 Å². The Balaban J connectivity index is 2.10. The highest BCUT2D eigenvalue weighted by Crippen LogP contribution is 2.21. The number of H-pyrrole nitrogens is 1. The normalized spacial score (nSPS) is 12.6. The molecule has 4 N–H and O–H groups in total. The number of amides is 1. The fourth-order valence-corrected chi connectivity index (χ4v) is 3.53. The first-order chi connectivity index (χ1) is 12.2. The molecule has 1 aromatic carbocycles. The van der Waals surface area contributed by atoms with E-state index in [-0.39, 0.29) is 16.4 Å². The van der Waals surface area contributed by atoms with Crippen LogP contribution in [0.1, 0.15) is 26.0 Å². The van der Waals surface area contributed by atoms with Crippen molar-refractivity contribution in [3.05, 3.63) is 46.4 Å². The monoisotopic (exact) mass is 396 g/mol. The molecular formula is C16H20N4O4S2. The van der Waals surface area contributed by atoms with Crippen molar-refractivity contribution in [1.29, 1.82) is 0 Å². The molecule has 26 heavy (non-hydrogen) atoms. The van der Waals surface area contributed by atoms with Crippen molar-refractivity contribution in [3.63, 3.8) is 0 Å². The number of aromatic nitrogens is 2. The molecule has 140 valence electrons. The van der Waals surface area contributed by atoms with Crippen molar-refractivity contribution in [3.8, 4) is 0 Å². The second-order valence-corrected chi connectivity index (χ2v) is 8.50. The van der Waals surface area contributed by atoms with Gasteiger partial charge in [0, 0.05) is 17.4 Å². The molecule has 0 unspecified atom stereocenters. The second-order valence-electron chi connectivity index (χ2n) is 5.61. The van der Waals surface area contributed by atoms with Gasteiger partial charge in [-0.25, -0.2) is 18.5 Å². The minimum Gasteiger partial charge on any atom is -0.325 e. The van der Waals surface area contributed by atoms with Crippen molar-refractivity contribution < 1.29 is 13.2 Å². The zero-order valence-electron chi connectivity index (χ0n) is 14.4. The summed E-state index contributed by atoms with van der Waals surface area (Å²) < 4.78 is 22.8. The number of sulfonamides is 1. The summed E-state index contributed by atoms with van der Waals surface area (Å²) >= 11 is 1.11. The van der Waals surface area contributed by atoms with Crippen LogP contribution in [0.2, 0.25) is 0 Å². The molecule has 1 heterocycles. The Morgan fingerprint density at radius 3 is 2.77 bits per heavy atom. The van der Waals surface area contributed by atoms with Gasteiger partial charge in [-0.15, -0.1) is 0 Å². The molecule has 1 aromatic heterocycles. The molecule has 0 bridgehead atoms. The smallest absolute Gasteiger partial charge is 0.251 e. The number of rotatable bonds is 7. The lowest BCUT2D eigenvalue weighted by Gasteiger charge is -2.12. The Bertz CT molecular complexity index is 957. The molecule has 1 amide bonds. The first-order valence-corrected chi connectivity index (χ1v) is 10.3. The number of primary sulfonamides is 1. The lowest BCUT2D eigenvalue weighted by molar-refractivity contribution is -0.115. The first kappa shape index (κ1) is 20.1. The number of nitrogens with two attached hydrogens (primary N) is 1. The molecule has 0 saturated carbocycles. The molecule has 2 rings (SSSR count). The summed E-state index contributed by atoms with van der Waals surface area (Å²) in [5.41, 5.74) is 0.724. The van der Waals surface area contributed by atoms with Crippen molar-refractivity contribution in [2.75, 3.05) is 5.32 Å². The van der Waals surface area contributed by atoms with E-state index in [2.05, 4.69) is 15.3 Å². The van der Waals surface area contributed by atoms with Crippen LogP contribution in [0.25, 0.3) is 0 Å². The van der Waals surface area contributed by atoms with Crippen molar-refractivity contribution in [2.24, 2.45) is 5.14 Å². The number of carbonyl (C=O) groups is 1. The summed E-state index contributed by atoms with van der Waals surface area (Å²) in [7, 11) is -3.85. The number of nitrogens with one attached hydrogen (secondary N) is 2. The highest BCUT2D eigenvalue weighted by Gasteiger charge is 2.17. The predicted octanol–water partition coefficient (Wildman–Crippen LogP) is 1.49. The molecular weight excluding hydrogens is 376 g/mol.